The van der Waals surface area contributed by atoms with Gasteiger partial charge in [-0.15, -0.1) is 0 Å². The molecule has 49 heavy (non-hydrogen) atoms. The molecule has 3 aliphatic carbocycles. The van der Waals surface area contributed by atoms with E-state index < -0.39 is 74.5 Å². The number of allylic oxidation sites excluding steroid dienone is 1. The van der Waals surface area contributed by atoms with Gasteiger partial charge in [-0.1, -0.05) is 98.2 Å². The molecule has 0 bridgehead atoms. The van der Waals surface area contributed by atoms with Gasteiger partial charge in [0.2, 0.25) is 5.78 Å². The Balaban J connectivity index is 1.66. The molecule has 2 aromatic carbocycles. The van der Waals surface area contributed by atoms with Crippen molar-refractivity contribution in [2.24, 2.45) is 28.6 Å². The minimum absolute atomic E-state index is 0.00805. The van der Waals surface area contributed by atoms with Crippen molar-refractivity contribution in [3.8, 4) is 5.75 Å². The van der Waals surface area contributed by atoms with E-state index in [4.69, 9.17) is 0 Å². The molecule has 0 spiro atoms. The molecule has 0 heterocycles. The summed E-state index contributed by atoms with van der Waals surface area (Å²) in [5.74, 6) is -7.10. The zero-order chi connectivity index (χ0) is 36.9. The number of phenolic OH excluding ortho intramolecular Hbond substituents is 1. The Labute approximate surface area is 288 Å². The van der Waals surface area contributed by atoms with Crippen LogP contribution in [0.15, 0.2) is 47.2 Å². The van der Waals surface area contributed by atoms with Gasteiger partial charge in [0.25, 0.3) is 0 Å². The minimum Gasteiger partial charge on any atom is -0.508 e. The van der Waals surface area contributed by atoms with Crippen molar-refractivity contribution in [2.45, 2.75) is 106 Å². The van der Waals surface area contributed by atoms with Crippen molar-refractivity contribution in [3.05, 3.63) is 80.6 Å². The summed E-state index contributed by atoms with van der Waals surface area (Å²) < 4.78 is 0. The monoisotopic (exact) mass is 670 g/mol. The van der Waals surface area contributed by atoms with Crippen LogP contribution in [0.4, 0.5) is 0 Å². The van der Waals surface area contributed by atoms with Crippen LogP contribution in [0.2, 0.25) is 0 Å². The van der Waals surface area contributed by atoms with E-state index >= 15 is 0 Å². The average molecular weight is 671 g/mol. The molecule has 5 rings (SSSR count). The van der Waals surface area contributed by atoms with E-state index in [1.807, 2.05) is 26.0 Å². The summed E-state index contributed by atoms with van der Waals surface area (Å²) in [7, 11) is 0. The number of aryl methyl sites for hydroxylation is 1. The number of phenols is 1. The maximum Gasteiger partial charge on any atom is 0.203 e. The number of hydrogen-bond acceptors (Lipinski definition) is 8. The summed E-state index contributed by atoms with van der Waals surface area (Å²) in [5, 5.41) is 47.7. The van der Waals surface area contributed by atoms with Gasteiger partial charge in [0.15, 0.2) is 17.2 Å². The molecule has 6 atom stereocenters. The molecule has 0 saturated heterocycles. The van der Waals surface area contributed by atoms with E-state index in [1.165, 1.54) is 0 Å². The summed E-state index contributed by atoms with van der Waals surface area (Å²) >= 11 is 0. The summed E-state index contributed by atoms with van der Waals surface area (Å²) in [5.41, 5.74) is -2.57. The number of fused-ring (bicyclic) bond motifs is 3. The fourth-order valence-corrected chi connectivity index (χ4v) is 9.58. The van der Waals surface area contributed by atoms with Crippen molar-refractivity contribution in [2.75, 3.05) is 0 Å². The van der Waals surface area contributed by atoms with Gasteiger partial charge in [0.1, 0.15) is 28.6 Å². The van der Waals surface area contributed by atoms with Gasteiger partial charge in [0.05, 0.1) is 5.56 Å². The number of Topliss-reactive ketones (excluding diaryl/α,β-unsaturated/α-hetero) is 4. The Kier molecular flexibility index (Phi) is 8.51. The van der Waals surface area contributed by atoms with Crippen molar-refractivity contribution in [1.82, 2.24) is 0 Å². The fraction of sp³-hybridized carbons (Fsp3) is 0.512. The number of aromatic hydroxyl groups is 1. The molecule has 0 aromatic heterocycles. The highest BCUT2D eigenvalue weighted by Gasteiger charge is 2.75. The van der Waals surface area contributed by atoms with E-state index in [0.717, 1.165) is 23.6 Å². The van der Waals surface area contributed by atoms with E-state index in [0.29, 0.717) is 5.56 Å². The topological polar surface area (TPSA) is 149 Å². The maximum absolute atomic E-state index is 14.8. The second-order valence-electron chi connectivity index (χ2n) is 16.5. The van der Waals surface area contributed by atoms with E-state index in [9.17, 15) is 39.6 Å². The maximum atomic E-state index is 14.8. The van der Waals surface area contributed by atoms with Crippen LogP contribution in [-0.2, 0) is 37.4 Å². The average Bonchev–Trinajstić information content (AvgIpc) is 2.98. The number of rotatable bonds is 6. The molecule has 262 valence electrons. The third kappa shape index (κ3) is 4.80. The lowest BCUT2D eigenvalue weighted by Crippen LogP contribution is -2.72. The summed E-state index contributed by atoms with van der Waals surface area (Å²) in [6, 6.07) is 9.44. The van der Waals surface area contributed by atoms with Crippen LogP contribution < -0.4 is 0 Å². The first-order valence-electron chi connectivity index (χ1n) is 17.1. The molecule has 3 aliphatic rings. The van der Waals surface area contributed by atoms with Crippen molar-refractivity contribution >= 4 is 28.9 Å². The Bertz CT molecular complexity index is 1890. The van der Waals surface area contributed by atoms with E-state index in [1.54, 1.807) is 46.8 Å². The first-order chi connectivity index (χ1) is 22.5. The second kappa shape index (κ2) is 11.5. The summed E-state index contributed by atoms with van der Waals surface area (Å²) in [6.45, 7) is 20.0. The Morgan fingerprint density at radius 1 is 0.939 bits per heavy atom. The van der Waals surface area contributed by atoms with Crippen LogP contribution in [0.25, 0.3) is 5.76 Å². The molecule has 4 N–H and O–H groups in total. The molecule has 0 aliphatic heterocycles. The SMILES string of the molecule is CC(=O)C1=C(O)[C@]2(O)C(=O)C3=C(O)c4c(ccc(CC(=O)Cc5ccc(C)cc5C(C)(C)C)c4O)[C@@H](C)[C@]3(C)[C@@H](C)[C@]2(C)C(C(C)C)C1=O. The molecule has 2 aromatic rings. The third-order valence-electron chi connectivity index (χ3n) is 12.4. The molecule has 8 heteroatoms. The van der Waals surface area contributed by atoms with Gasteiger partial charge in [-0.2, -0.15) is 0 Å². The Morgan fingerprint density at radius 2 is 1.51 bits per heavy atom. The minimum atomic E-state index is -2.71. The number of benzene rings is 2. The Hall–Kier alpha value is -4.04. The molecule has 1 saturated carbocycles. The van der Waals surface area contributed by atoms with Crippen molar-refractivity contribution in [1.29, 1.82) is 0 Å². The zero-order valence-corrected chi connectivity index (χ0v) is 30.5. The molecule has 0 amide bonds. The number of hydrogen-bond donors (Lipinski definition) is 4. The largest absolute Gasteiger partial charge is 0.508 e. The third-order valence-corrected chi connectivity index (χ3v) is 12.4. The smallest absolute Gasteiger partial charge is 0.203 e. The van der Waals surface area contributed by atoms with E-state index in [2.05, 4.69) is 26.8 Å². The van der Waals surface area contributed by atoms with E-state index in [-0.39, 0.29) is 46.5 Å². The normalized spacial score (nSPS) is 29.9. The molecular formula is C41H50O8. The van der Waals surface area contributed by atoms with Crippen LogP contribution in [0.5, 0.6) is 5.75 Å². The zero-order valence-electron chi connectivity index (χ0n) is 30.5. The van der Waals surface area contributed by atoms with Gasteiger partial charge >= 0.3 is 0 Å². The van der Waals surface area contributed by atoms with Crippen LogP contribution >= 0.6 is 0 Å². The molecule has 8 nitrogen and oxygen atoms in total. The number of ketones is 4. The number of carbonyl (C=O) groups is 4. The van der Waals surface area contributed by atoms with Crippen LogP contribution in [0, 0.1) is 35.5 Å². The number of aliphatic hydroxyl groups is 3. The highest BCUT2D eigenvalue weighted by atomic mass is 16.3. The molecule has 1 fully saturated rings. The lowest BCUT2D eigenvalue weighted by Gasteiger charge is -2.64. The number of aliphatic hydroxyl groups excluding tert-OH is 2. The van der Waals surface area contributed by atoms with Gasteiger partial charge in [-0.3, -0.25) is 19.2 Å². The van der Waals surface area contributed by atoms with Gasteiger partial charge in [-0.25, -0.2) is 0 Å². The highest BCUT2D eigenvalue weighted by Crippen LogP contribution is 2.70. The second-order valence-corrected chi connectivity index (χ2v) is 16.5. The highest BCUT2D eigenvalue weighted by molar-refractivity contribution is 6.24. The first-order valence-corrected chi connectivity index (χ1v) is 17.1. The van der Waals surface area contributed by atoms with Crippen LogP contribution in [0.3, 0.4) is 0 Å². The summed E-state index contributed by atoms with van der Waals surface area (Å²) in [4.78, 5) is 54.9. The number of carbonyl (C=O) groups excluding carboxylic acids is 4. The van der Waals surface area contributed by atoms with Gasteiger partial charge < -0.3 is 20.4 Å². The quantitative estimate of drug-likeness (QED) is 0.241. The van der Waals surface area contributed by atoms with Gasteiger partial charge in [-0.05, 0) is 53.7 Å². The molecule has 1 unspecified atom stereocenters. The standard InChI is InChI=1S/C41H50O8/c1-19(2)31-34(45)29(22(5)42)36(47)41(49)37(48)32-35(46)30-27(21(4)39(32,10)23(6)40(31,41)11)15-14-25(33(30)44)18-26(43)17-24-13-12-20(3)16-28(24)38(7,8)9/h12-16,19,21,23,31,44,46-47,49H,17-18H2,1-11H3/t21-,23-,31?,39-,40-,41+/m1/s1. The molecule has 0 radical (unpaired) electrons. The predicted octanol–water partition coefficient (Wildman–Crippen LogP) is 6.96. The van der Waals surface area contributed by atoms with Crippen LogP contribution in [0.1, 0.15) is 109 Å². The lowest BCUT2D eigenvalue weighted by molar-refractivity contribution is -0.195. The fourth-order valence-electron chi connectivity index (χ4n) is 9.58. The molecular weight excluding hydrogens is 620 g/mol. The predicted molar refractivity (Wildman–Crippen MR) is 187 cm³/mol. The lowest BCUT2D eigenvalue weighted by atomic mass is 9.38. The van der Waals surface area contributed by atoms with Crippen molar-refractivity contribution in [3.63, 3.8) is 0 Å². The first kappa shape index (κ1) is 36.2. The summed E-state index contributed by atoms with van der Waals surface area (Å²) in [6.07, 6.45) is 0.0211. The van der Waals surface area contributed by atoms with Crippen molar-refractivity contribution < 1.29 is 39.6 Å². The Morgan fingerprint density at radius 3 is 2.06 bits per heavy atom. The van der Waals surface area contributed by atoms with Gasteiger partial charge in [0, 0.05) is 40.7 Å². The van der Waals surface area contributed by atoms with Crippen LogP contribution in [-0.4, -0.2) is 49.2 Å².